The van der Waals surface area contributed by atoms with E-state index < -0.39 is 0 Å². The lowest BCUT2D eigenvalue weighted by Crippen LogP contribution is -1.99. The van der Waals surface area contributed by atoms with Crippen molar-refractivity contribution < 1.29 is 0 Å². The van der Waals surface area contributed by atoms with Crippen LogP contribution in [0, 0.1) is 6.92 Å². The van der Waals surface area contributed by atoms with Crippen LogP contribution in [0.4, 0.5) is 5.82 Å². The molecule has 1 heterocycles. The topological polar surface area (TPSA) is 37.8 Å². The molecule has 0 saturated heterocycles. The quantitative estimate of drug-likeness (QED) is 0.694. The third kappa shape index (κ3) is 1.67. The maximum atomic E-state index is 4.06. The number of anilines is 1. The van der Waals surface area contributed by atoms with Crippen molar-refractivity contribution in [2.75, 3.05) is 12.4 Å². The lowest BCUT2D eigenvalue weighted by atomic mass is 10.2. The summed E-state index contributed by atoms with van der Waals surface area (Å²) < 4.78 is 0. The SMILES string of the molecule is CCc1nnc(NC)cc1C. The highest BCUT2D eigenvalue weighted by Crippen LogP contribution is 2.08. The van der Waals surface area contributed by atoms with Crippen molar-refractivity contribution in [3.05, 3.63) is 17.3 Å². The van der Waals surface area contributed by atoms with E-state index >= 15 is 0 Å². The minimum absolute atomic E-state index is 0.833. The van der Waals surface area contributed by atoms with E-state index in [1.54, 1.807) is 0 Å². The highest BCUT2D eigenvalue weighted by molar-refractivity contribution is 5.36. The van der Waals surface area contributed by atoms with Crippen molar-refractivity contribution in [1.29, 1.82) is 0 Å². The van der Waals surface area contributed by atoms with Crippen molar-refractivity contribution >= 4 is 5.82 Å². The molecule has 0 saturated carbocycles. The van der Waals surface area contributed by atoms with Crippen molar-refractivity contribution in [1.82, 2.24) is 10.2 Å². The molecule has 0 unspecified atom stereocenters. The van der Waals surface area contributed by atoms with Gasteiger partial charge in [-0.25, -0.2) is 0 Å². The molecule has 0 aromatic carbocycles. The minimum atomic E-state index is 0.833. The highest BCUT2D eigenvalue weighted by Gasteiger charge is 1.98. The zero-order valence-electron chi connectivity index (χ0n) is 7.18. The van der Waals surface area contributed by atoms with Gasteiger partial charge in [0.2, 0.25) is 0 Å². The largest absolute Gasteiger partial charge is 0.372 e. The maximum absolute atomic E-state index is 4.06. The van der Waals surface area contributed by atoms with E-state index in [1.165, 1.54) is 5.56 Å². The van der Waals surface area contributed by atoms with E-state index in [-0.39, 0.29) is 0 Å². The summed E-state index contributed by atoms with van der Waals surface area (Å²) >= 11 is 0. The number of rotatable bonds is 2. The van der Waals surface area contributed by atoms with Crippen LogP contribution >= 0.6 is 0 Å². The zero-order chi connectivity index (χ0) is 8.27. The Kier molecular flexibility index (Phi) is 2.41. The van der Waals surface area contributed by atoms with Gasteiger partial charge in [-0.1, -0.05) is 6.92 Å². The zero-order valence-corrected chi connectivity index (χ0v) is 7.18. The van der Waals surface area contributed by atoms with Crippen molar-refractivity contribution in [3.8, 4) is 0 Å². The molecule has 0 aliphatic carbocycles. The molecule has 1 rings (SSSR count). The van der Waals surface area contributed by atoms with Gasteiger partial charge in [0, 0.05) is 7.05 Å². The normalized spacial score (nSPS) is 9.73. The Hall–Kier alpha value is -1.12. The lowest BCUT2D eigenvalue weighted by molar-refractivity contribution is 0.903. The second-order valence-corrected chi connectivity index (χ2v) is 2.46. The Morgan fingerprint density at radius 1 is 1.45 bits per heavy atom. The van der Waals surface area contributed by atoms with Crippen LogP contribution in [-0.4, -0.2) is 17.2 Å². The number of nitrogens with zero attached hydrogens (tertiary/aromatic N) is 2. The summed E-state index contributed by atoms with van der Waals surface area (Å²) in [5, 5.41) is 11.0. The molecule has 0 atom stereocenters. The fraction of sp³-hybridized carbons (Fsp3) is 0.500. The lowest BCUT2D eigenvalue weighted by Gasteiger charge is -2.02. The van der Waals surface area contributed by atoms with E-state index in [0.29, 0.717) is 0 Å². The van der Waals surface area contributed by atoms with Crippen LogP contribution in [0.5, 0.6) is 0 Å². The number of aryl methyl sites for hydroxylation is 2. The number of hydrogen-bond acceptors (Lipinski definition) is 3. The Bertz CT molecular complexity index is 245. The smallest absolute Gasteiger partial charge is 0.148 e. The molecule has 3 heteroatoms. The first-order chi connectivity index (χ1) is 5.27. The van der Waals surface area contributed by atoms with Gasteiger partial charge in [-0.2, -0.15) is 5.10 Å². The molecule has 1 aromatic rings. The van der Waals surface area contributed by atoms with Gasteiger partial charge in [-0.3, -0.25) is 0 Å². The standard InChI is InChI=1S/C8H13N3/c1-4-7-6(2)5-8(9-3)11-10-7/h5H,4H2,1-3H3,(H,9,11). The predicted molar refractivity (Wildman–Crippen MR) is 45.7 cm³/mol. The Labute approximate surface area is 66.8 Å². The van der Waals surface area contributed by atoms with Crippen LogP contribution in [0.2, 0.25) is 0 Å². The molecule has 0 spiro atoms. The summed E-state index contributed by atoms with van der Waals surface area (Å²) in [6.45, 7) is 4.13. The van der Waals surface area contributed by atoms with E-state index in [2.05, 4.69) is 22.4 Å². The van der Waals surface area contributed by atoms with E-state index in [0.717, 1.165) is 17.9 Å². The first-order valence-electron chi connectivity index (χ1n) is 3.79. The van der Waals surface area contributed by atoms with Crippen molar-refractivity contribution in [3.63, 3.8) is 0 Å². The number of aromatic nitrogens is 2. The van der Waals surface area contributed by atoms with E-state index in [1.807, 2.05) is 20.0 Å². The maximum Gasteiger partial charge on any atom is 0.148 e. The molecular weight excluding hydrogens is 138 g/mol. The molecular formula is C8H13N3. The summed E-state index contributed by atoms with van der Waals surface area (Å²) in [5.41, 5.74) is 2.27. The molecule has 1 N–H and O–H groups in total. The average molecular weight is 151 g/mol. The van der Waals surface area contributed by atoms with Gasteiger partial charge in [0.05, 0.1) is 5.69 Å². The molecule has 0 amide bonds. The Balaban J connectivity index is 2.99. The van der Waals surface area contributed by atoms with Gasteiger partial charge in [-0.15, -0.1) is 5.10 Å². The molecule has 60 valence electrons. The van der Waals surface area contributed by atoms with E-state index in [9.17, 15) is 0 Å². The van der Waals surface area contributed by atoms with Gasteiger partial charge in [0.1, 0.15) is 5.82 Å². The van der Waals surface area contributed by atoms with Crippen LogP contribution in [0.3, 0.4) is 0 Å². The fourth-order valence-electron chi connectivity index (χ4n) is 0.982. The summed E-state index contributed by atoms with van der Waals surface area (Å²) in [7, 11) is 1.84. The average Bonchev–Trinajstić information content (AvgIpc) is 2.04. The van der Waals surface area contributed by atoms with Crippen LogP contribution < -0.4 is 5.32 Å². The molecule has 11 heavy (non-hydrogen) atoms. The summed E-state index contributed by atoms with van der Waals surface area (Å²) in [6, 6.07) is 2.01. The van der Waals surface area contributed by atoms with Crippen molar-refractivity contribution in [2.24, 2.45) is 0 Å². The molecule has 0 aliphatic rings. The van der Waals surface area contributed by atoms with Crippen LogP contribution in [-0.2, 0) is 6.42 Å². The second kappa shape index (κ2) is 3.32. The van der Waals surface area contributed by atoms with Crippen LogP contribution in [0.25, 0.3) is 0 Å². The highest BCUT2D eigenvalue weighted by atomic mass is 15.2. The molecule has 3 nitrogen and oxygen atoms in total. The van der Waals surface area contributed by atoms with Crippen LogP contribution in [0.1, 0.15) is 18.2 Å². The Morgan fingerprint density at radius 2 is 2.18 bits per heavy atom. The van der Waals surface area contributed by atoms with Crippen LogP contribution in [0.15, 0.2) is 6.07 Å². The van der Waals surface area contributed by atoms with Gasteiger partial charge in [-0.05, 0) is 25.0 Å². The third-order valence-corrected chi connectivity index (χ3v) is 1.68. The second-order valence-electron chi connectivity index (χ2n) is 2.46. The Morgan fingerprint density at radius 3 is 2.64 bits per heavy atom. The summed E-state index contributed by atoms with van der Waals surface area (Å²) in [5.74, 6) is 0.833. The third-order valence-electron chi connectivity index (χ3n) is 1.68. The fourth-order valence-corrected chi connectivity index (χ4v) is 0.982. The molecule has 0 aliphatic heterocycles. The molecule has 0 radical (unpaired) electrons. The van der Waals surface area contributed by atoms with Gasteiger partial charge < -0.3 is 5.32 Å². The van der Waals surface area contributed by atoms with Crippen molar-refractivity contribution in [2.45, 2.75) is 20.3 Å². The monoisotopic (exact) mass is 151 g/mol. The van der Waals surface area contributed by atoms with Gasteiger partial charge in [0.25, 0.3) is 0 Å². The minimum Gasteiger partial charge on any atom is -0.372 e. The van der Waals surface area contributed by atoms with E-state index in [4.69, 9.17) is 0 Å². The molecule has 0 bridgehead atoms. The molecule has 1 aromatic heterocycles. The first-order valence-corrected chi connectivity index (χ1v) is 3.79. The predicted octanol–water partition coefficient (Wildman–Crippen LogP) is 1.39. The molecule has 0 fully saturated rings. The number of hydrogen-bond donors (Lipinski definition) is 1. The first kappa shape index (κ1) is 7.98. The van der Waals surface area contributed by atoms with Gasteiger partial charge in [0.15, 0.2) is 0 Å². The summed E-state index contributed by atoms with van der Waals surface area (Å²) in [6.07, 6.45) is 0.947. The summed E-state index contributed by atoms with van der Waals surface area (Å²) in [4.78, 5) is 0. The van der Waals surface area contributed by atoms with Gasteiger partial charge >= 0.3 is 0 Å². The number of nitrogens with one attached hydrogen (secondary N) is 1.